The average Bonchev–Trinajstić information content (AvgIpc) is 2.86. The van der Waals surface area contributed by atoms with Crippen molar-refractivity contribution in [1.82, 2.24) is 5.32 Å². The first-order valence-corrected chi connectivity index (χ1v) is 6.61. The van der Waals surface area contributed by atoms with Crippen molar-refractivity contribution < 1.29 is 22.3 Å². The summed E-state index contributed by atoms with van der Waals surface area (Å²) in [4.78, 5) is 0. The number of nitrogens with one attached hydrogen (secondary N) is 1. The third-order valence-corrected chi connectivity index (χ3v) is 3.32. The molecule has 0 amide bonds. The van der Waals surface area contributed by atoms with Crippen LogP contribution in [0.15, 0.2) is 18.2 Å². The molecule has 0 aliphatic carbocycles. The number of alkyl halides is 4. The molecule has 1 atom stereocenters. The van der Waals surface area contributed by atoms with Gasteiger partial charge in [-0.25, -0.2) is 8.78 Å². The van der Waals surface area contributed by atoms with Gasteiger partial charge in [-0.3, -0.25) is 0 Å². The number of rotatable bonds is 6. The van der Waals surface area contributed by atoms with Crippen LogP contribution in [-0.2, 0) is 6.42 Å². The van der Waals surface area contributed by atoms with E-state index in [9.17, 15) is 17.6 Å². The molecule has 1 aromatic carbocycles. The van der Waals surface area contributed by atoms with Crippen LogP contribution in [0.5, 0.6) is 5.75 Å². The Morgan fingerprint density at radius 3 is 2.75 bits per heavy atom. The number of fused-ring (bicyclic) bond motifs is 1. The highest BCUT2D eigenvalue weighted by Gasteiger charge is 2.49. The third-order valence-electron chi connectivity index (χ3n) is 3.32. The van der Waals surface area contributed by atoms with Crippen molar-refractivity contribution in [3.8, 4) is 5.75 Å². The molecule has 112 valence electrons. The van der Waals surface area contributed by atoms with Crippen LogP contribution in [-0.4, -0.2) is 25.5 Å². The monoisotopic (exact) mass is 291 g/mol. The second-order valence-electron chi connectivity index (χ2n) is 4.83. The Balaban J connectivity index is 2.31. The quantitative estimate of drug-likeness (QED) is 0.809. The fourth-order valence-electron chi connectivity index (χ4n) is 2.28. The lowest BCUT2D eigenvalue weighted by Crippen LogP contribution is -2.42. The van der Waals surface area contributed by atoms with Gasteiger partial charge in [0.1, 0.15) is 11.8 Å². The van der Waals surface area contributed by atoms with Gasteiger partial charge in [-0.2, -0.15) is 8.78 Å². The highest BCUT2D eigenvalue weighted by molar-refractivity contribution is 5.41. The molecule has 2 rings (SSSR count). The zero-order chi connectivity index (χ0) is 14.8. The average molecular weight is 291 g/mol. The number of halogens is 4. The number of benzene rings is 1. The predicted octanol–water partition coefficient (Wildman–Crippen LogP) is 3.56. The Morgan fingerprint density at radius 1 is 1.35 bits per heavy atom. The van der Waals surface area contributed by atoms with E-state index in [-0.39, 0.29) is 12.1 Å². The highest BCUT2D eigenvalue weighted by Crippen LogP contribution is 2.38. The summed E-state index contributed by atoms with van der Waals surface area (Å²) in [6, 6.07) is 2.84. The largest absolute Gasteiger partial charge is 0.493 e. The third kappa shape index (κ3) is 2.90. The molecule has 0 radical (unpaired) electrons. The Morgan fingerprint density at radius 2 is 2.10 bits per heavy atom. The highest BCUT2D eigenvalue weighted by atomic mass is 19.3. The van der Waals surface area contributed by atoms with Crippen LogP contribution in [0.3, 0.4) is 0 Å². The second-order valence-corrected chi connectivity index (χ2v) is 4.83. The van der Waals surface area contributed by atoms with Gasteiger partial charge in [0.25, 0.3) is 0 Å². The molecular formula is C14H17F4NO. The summed E-state index contributed by atoms with van der Waals surface area (Å²) in [5.74, 6) is -3.47. The molecule has 6 heteroatoms. The molecule has 0 spiro atoms. The minimum atomic E-state index is -4.11. The molecule has 2 nitrogen and oxygen atoms in total. The topological polar surface area (TPSA) is 21.3 Å². The summed E-state index contributed by atoms with van der Waals surface area (Å²) in [5, 5.41) is 2.53. The van der Waals surface area contributed by atoms with Crippen molar-refractivity contribution in [2.75, 3.05) is 13.2 Å². The van der Waals surface area contributed by atoms with E-state index in [1.807, 2.05) is 0 Å². The maximum atomic E-state index is 13.7. The SMILES string of the molecule is CCCNC(c1ccc2c(c1)CCO2)C(F)(F)C(F)F. The summed E-state index contributed by atoms with van der Waals surface area (Å²) in [7, 11) is 0. The van der Waals surface area contributed by atoms with Gasteiger partial charge in [0.05, 0.1) is 6.61 Å². The van der Waals surface area contributed by atoms with Gasteiger partial charge in [-0.05, 0) is 30.2 Å². The molecule has 1 aliphatic heterocycles. The van der Waals surface area contributed by atoms with Crippen molar-refractivity contribution in [2.24, 2.45) is 0 Å². The Hall–Kier alpha value is -1.30. The van der Waals surface area contributed by atoms with Gasteiger partial charge in [-0.1, -0.05) is 19.1 Å². The van der Waals surface area contributed by atoms with Crippen molar-refractivity contribution in [3.05, 3.63) is 29.3 Å². The van der Waals surface area contributed by atoms with E-state index in [4.69, 9.17) is 4.74 Å². The molecule has 20 heavy (non-hydrogen) atoms. The summed E-state index contributed by atoms with van der Waals surface area (Å²) in [6.07, 6.45) is -2.50. The van der Waals surface area contributed by atoms with Crippen LogP contribution in [0, 0.1) is 0 Å². The van der Waals surface area contributed by atoms with Gasteiger partial charge in [0.15, 0.2) is 0 Å². The van der Waals surface area contributed by atoms with Crippen molar-refractivity contribution in [1.29, 1.82) is 0 Å². The molecule has 1 unspecified atom stereocenters. The van der Waals surface area contributed by atoms with Gasteiger partial charge in [0, 0.05) is 6.42 Å². The van der Waals surface area contributed by atoms with Crippen LogP contribution in [0.2, 0.25) is 0 Å². The van der Waals surface area contributed by atoms with E-state index >= 15 is 0 Å². The Kier molecular flexibility index (Phi) is 4.52. The van der Waals surface area contributed by atoms with Crippen LogP contribution < -0.4 is 10.1 Å². The minimum Gasteiger partial charge on any atom is -0.493 e. The van der Waals surface area contributed by atoms with E-state index in [2.05, 4.69) is 5.32 Å². The van der Waals surface area contributed by atoms with Gasteiger partial charge in [-0.15, -0.1) is 0 Å². The number of hydrogen-bond acceptors (Lipinski definition) is 2. The van der Waals surface area contributed by atoms with Crippen LogP contribution in [0.4, 0.5) is 17.6 Å². The number of hydrogen-bond donors (Lipinski definition) is 1. The molecule has 0 bridgehead atoms. The molecule has 1 N–H and O–H groups in total. The maximum absolute atomic E-state index is 13.7. The molecule has 1 aliphatic rings. The normalized spacial score (nSPS) is 16.1. The standard InChI is InChI=1S/C14H17F4NO/c1-2-6-19-12(14(17,18)13(15)16)10-3-4-11-9(8-10)5-7-20-11/h3-4,8,12-13,19H,2,5-7H2,1H3. The van der Waals surface area contributed by atoms with E-state index in [0.29, 0.717) is 25.2 Å². The minimum absolute atomic E-state index is 0.174. The van der Waals surface area contributed by atoms with E-state index in [1.54, 1.807) is 13.0 Å². The summed E-state index contributed by atoms with van der Waals surface area (Å²) >= 11 is 0. The van der Waals surface area contributed by atoms with Gasteiger partial charge >= 0.3 is 12.3 Å². The van der Waals surface area contributed by atoms with E-state index in [1.165, 1.54) is 12.1 Å². The van der Waals surface area contributed by atoms with Gasteiger partial charge in [0.2, 0.25) is 0 Å². The molecule has 0 fully saturated rings. The fraction of sp³-hybridized carbons (Fsp3) is 0.571. The summed E-state index contributed by atoms with van der Waals surface area (Å²) < 4.78 is 58.0. The molecule has 0 saturated carbocycles. The lowest BCUT2D eigenvalue weighted by atomic mass is 9.97. The van der Waals surface area contributed by atoms with E-state index in [0.717, 1.165) is 5.56 Å². The molecule has 0 aromatic heterocycles. The van der Waals surface area contributed by atoms with Gasteiger partial charge < -0.3 is 10.1 Å². The first-order chi connectivity index (χ1) is 9.46. The Labute approximate surface area is 115 Å². The lowest BCUT2D eigenvalue weighted by molar-refractivity contribution is -0.151. The van der Waals surface area contributed by atoms with Crippen molar-refractivity contribution in [3.63, 3.8) is 0 Å². The Bertz CT molecular complexity index is 464. The number of ether oxygens (including phenoxy) is 1. The van der Waals surface area contributed by atoms with Crippen molar-refractivity contribution >= 4 is 0 Å². The summed E-state index contributed by atoms with van der Waals surface area (Å²) in [6.45, 7) is 2.54. The smallest absolute Gasteiger partial charge is 0.326 e. The summed E-state index contributed by atoms with van der Waals surface area (Å²) in [5.41, 5.74) is 0.962. The first-order valence-electron chi connectivity index (χ1n) is 6.61. The zero-order valence-electron chi connectivity index (χ0n) is 11.1. The first kappa shape index (κ1) is 15.1. The van der Waals surface area contributed by atoms with E-state index < -0.39 is 18.4 Å². The van der Waals surface area contributed by atoms with Crippen LogP contribution >= 0.6 is 0 Å². The molecule has 0 saturated heterocycles. The fourth-order valence-corrected chi connectivity index (χ4v) is 2.28. The van der Waals surface area contributed by atoms with Crippen LogP contribution in [0.1, 0.15) is 30.5 Å². The second kappa shape index (κ2) is 5.99. The lowest BCUT2D eigenvalue weighted by Gasteiger charge is -2.28. The molecule has 1 heterocycles. The van der Waals surface area contributed by atoms with Crippen LogP contribution in [0.25, 0.3) is 0 Å². The maximum Gasteiger partial charge on any atom is 0.326 e. The zero-order valence-corrected chi connectivity index (χ0v) is 11.1. The molecular weight excluding hydrogens is 274 g/mol. The molecule has 1 aromatic rings. The van der Waals surface area contributed by atoms with Crippen molar-refractivity contribution in [2.45, 2.75) is 38.2 Å². The predicted molar refractivity (Wildman–Crippen MR) is 67.6 cm³/mol.